The van der Waals surface area contributed by atoms with Gasteiger partial charge in [-0.2, -0.15) is 0 Å². The summed E-state index contributed by atoms with van der Waals surface area (Å²) in [7, 11) is 0. The van der Waals surface area contributed by atoms with Crippen LogP contribution in [0.1, 0.15) is 31.2 Å². The predicted octanol–water partition coefficient (Wildman–Crippen LogP) is 3.23. The summed E-state index contributed by atoms with van der Waals surface area (Å²) in [5.41, 5.74) is 1.20. The van der Waals surface area contributed by atoms with E-state index < -0.39 is 0 Å². The van der Waals surface area contributed by atoms with Crippen molar-refractivity contribution >= 4 is 11.7 Å². The van der Waals surface area contributed by atoms with Crippen molar-refractivity contribution in [1.29, 1.82) is 0 Å². The van der Waals surface area contributed by atoms with E-state index in [1.165, 1.54) is 25.3 Å². The molecule has 2 amide bonds. The summed E-state index contributed by atoms with van der Waals surface area (Å²) in [6.07, 6.45) is 4.86. The van der Waals surface area contributed by atoms with Crippen LogP contribution in [0.2, 0.25) is 0 Å². The molecule has 5 heteroatoms. The number of likely N-dealkylation sites (tertiary alicyclic amines) is 2. The molecule has 120 valence electrons. The molecule has 2 aliphatic rings. The highest BCUT2D eigenvalue weighted by Crippen LogP contribution is 2.22. The van der Waals surface area contributed by atoms with E-state index >= 15 is 0 Å². The van der Waals surface area contributed by atoms with E-state index in [1.807, 2.05) is 6.92 Å². The summed E-state index contributed by atoms with van der Waals surface area (Å²) in [5.74, 6) is -0.384. The number of piperidine rings is 1. The second-order valence-corrected chi connectivity index (χ2v) is 6.40. The van der Waals surface area contributed by atoms with Crippen LogP contribution in [0.25, 0.3) is 0 Å². The third-order valence-electron chi connectivity index (χ3n) is 4.72. The first-order chi connectivity index (χ1) is 10.6. The topological polar surface area (TPSA) is 35.6 Å². The van der Waals surface area contributed by atoms with Crippen LogP contribution in [0.5, 0.6) is 0 Å². The van der Waals surface area contributed by atoms with Crippen molar-refractivity contribution in [3.05, 3.63) is 29.6 Å². The van der Waals surface area contributed by atoms with Crippen molar-refractivity contribution in [2.45, 2.75) is 38.6 Å². The van der Waals surface area contributed by atoms with Crippen LogP contribution in [0, 0.1) is 12.7 Å². The number of benzene rings is 1. The molecule has 1 atom stereocenters. The maximum atomic E-state index is 13.7. The van der Waals surface area contributed by atoms with Gasteiger partial charge in [0.2, 0.25) is 0 Å². The molecule has 1 aromatic rings. The molecular weight excluding hydrogens is 281 g/mol. The van der Waals surface area contributed by atoms with Gasteiger partial charge >= 0.3 is 6.03 Å². The van der Waals surface area contributed by atoms with E-state index in [0.717, 1.165) is 38.2 Å². The highest BCUT2D eigenvalue weighted by molar-refractivity contribution is 5.89. The fourth-order valence-electron chi connectivity index (χ4n) is 3.44. The Morgan fingerprint density at radius 3 is 2.77 bits per heavy atom. The Balaban J connectivity index is 1.58. The van der Waals surface area contributed by atoms with Gasteiger partial charge in [-0.05, 0) is 57.0 Å². The number of amides is 2. The molecule has 22 heavy (non-hydrogen) atoms. The van der Waals surface area contributed by atoms with Crippen LogP contribution < -0.4 is 5.32 Å². The van der Waals surface area contributed by atoms with Crippen LogP contribution in [-0.2, 0) is 0 Å². The zero-order chi connectivity index (χ0) is 15.5. The third kappa shape index (κ3) is 3.40. The van der Waals surface area contributed by atoms with Crippen LogP contribution in [0.15, 0.2) is 18.2 Å². The van der Waals surface area contributed by atoms with Crippen LogP contribution in [0.4, 0.5) is 14.9 Å². The van der Waals surface area contributed by atoms with Gasteiger partial charge < -0.3 is 10.2 Å². The summed E-state index contributed by atoms with van der Waals surface area (Å²) >= 11 is 0. The van der Waals surface area contributed by atoms with E-state index in [9.17, 15) is 9.18 Å². The molecular formula is C17H24FN3O. The molecule has 0 radical (unpaired) electrons. The first kappa shape index (κ1) is 15.3. The Labute approximate surface area is 131 Å². The van der Waals surface area contributed by atoms with Crippen molar-refractivity contribution in [2.75, 3.05) is 31.5 Å². The number of nitrogens with zero attached hydrogens (tertiary/aromatic N) is 2. The minimum absolute atomic E-state index is 0.191. The first-order valence-corrected chi connectivity index (χ1v) is 8.19. The maximum absolute atomic E-state index is 13.7. The molecule has 1 N–H and O–H groups in total. The number of nitrogens with one attached hydrogen (secondary N) is 1. The SMILES string of the molecule is Cc1ccc(F)c(NC(=O)N2CC[C@@H](N3CCCCC3)C2)c1. The molecule has 0 spiro atoms. The Morgan fingerprint density at radius 2 is 2.00 bits per heavy atom. The minimum atomic E-state index is -0.384. The van der Waals surface area contributed by atoms with Gasteiger partial charge in [-0.3, -0.25) is 4.90 Å². The molecule has 0 saturated carbocycles. The number of rotatable bonds is 2. The van der Waals surface area contributed by atoms with E-state index in [-0.39, 0.29) is 17.5 Å². The molecule has 0 aromatic heterocycles. The number of aryl methyl sites for hydroxylation is 1. The summed E-state index contributed by atoms with van der Waals surface area (Å²) in [6, 6.07) is 5.04. The molecule has 0 unspecified atom stereocenters. The third-order valence-corrected chi connectivity index (χ3v) is 4.72. The van der Waals surface area contributed by atoms with Crippen molar-refractivity contribution in [1.82, 2.24) is 9.80 Å². The highest BCUT2D eigenvalue weighted by atomic mass is 19.1. The highest BCUT2D eigenvalue weighted by Gasteiger charge is 2.31. The van der Waals surface area contributed by atoms with Gasteiger partial charge in [0, 0.05) is 19.1 Å². The number of anilines is 1. The number of hydrogen-bond acceptors (Lipinski definition) is 2. The van der Waals surface area contributed by atoms with Gasteiger partial charge in [0.25, 0.3) is 0 Å². The quantitative estimate of drug-likeness (QED) is 0.910. The molecule has 0 bridgehead atoms. The number of halogens is 1. The molecule has 3 rings (SSSR count). The minimum Gasteiger partial charge on any atom is -0.323 e. The zero-order valence-electron chi connectivity index (χ0n) is 13.1. The molecule has 2 aliphatic heterocycles. The normalized spacial score (nSPS) is 22.8. The first-order valence-electron chi connectivity index (χ1n) is 8.19. The van der Waals surface area contributed by atoms with E-state index in [1.54, 1.807) is 17.0 Å². The predicted molar refractivity (Wildman–Crippen MR) is 85.6 cm³/mol. The second-order valence-electron chi connectivity index (χ2n) is 6.40. The van der Waals surface area contributed by atoms with Gasteiger partial charge in [-0.15, -0.1) is 0 Å². The Morgan fingerprint density at radius 1 is 1.23 bits per heavy atom. The molecule has 2 fully saturated rings. The van der Waals surface area contributed by atoms with Crippen LogP contribution in [-0.4, -0.2) is 48.1 Å². The average molecular weight is 305 g/mol. The lowest BCUT2D eigenvalue weighted by Crippen LogP contribution is -2.42. The summed E-state index contributed by atoms with van der Waals surface area (Å²) in [5, 5.41) is 2.71. The molecule has 0 aliphatic carbocycles. The van der Waals surface area contributed by atoms with Crippen molar-refractivity contribution in [2.24, 2.45) is 0 Å². The van der Waals surface area contributed by atoms with E-state index in [0.29, 0.717) is 6.04 Å². The van der Waals surface area contributed by atoms with Crippen LogP contribution >= 0.6 is 0 Å². The molecule has 4 nitrogen and oxygen atoms in total. The smallest absolute Gasteiger partial charge is 0.321 e. The monoisotopic (exact) mass is 305 g/mol. The largest absolute Gasteiger partial charge is 0.323 e. The molecule has 2 heterocycles. The van der Waals surface area contributed by atoms with Crippen molar-refractivity contribution in [3.8, 4) is 0 Å². The maximum Gasteiger partial charge on any atom is 0.321 e. The molecule has 2 saturated heterocycles. The number of hydrogen-bond donors (Lipinski definition) is 1. The Kier molecular flexibility index (Phi) is 4.62. The van der Waals surface area contributed by atoms with Gasteiger partial charge in [-0.1, -0.05) is 12.5 Å². The van der Waals surface area contributed by atoms with E-state index in [4.69, 9.17) is 0 Å². The van der Waals surface area contributed by atoms with Crippen molar-refractivity contribution < 1.29 is 9.18 Å². The van der Waals surface area contributed by atoms with Gasteiger partial charge in [-0.25, -0.2) is 9.18 Å². The zero-order valence-corrected chi connectivity index (χ0v) is 13.1. The van der Waals surface area contributed by atoms with Crippen LogP contribution in [0.3, 0.4) is 0 Å². The lowest BCUT2D eigenvalue weighted by molar-refractivity contribution is 0.163. The Hall–Kier alpha value is -1.62. The van der Waals surface area contributed by atoms with Gasteiger partial charge in [0.15, 0.2) is 0 Å². The van der Waals surface area contributed by atoms with E-state index in [2.05, 4.69) is 10.2 Å². The second kappa shape index (κ2) is 6.65. The summed E-state index contributed by atoms with van der Waals surface area (Å²) in [6.45, 7) is 5.68. The number of carbonyl (C=O) groups is 1. The molecule has 1 aromatic carbocycles. The number of carbonyl (C=O) groups excluding carboxylic acids is 1. The lowest BCUT2D eigenvalue weighted by Gasteiger charge is -2.32. The van der Waals surface area contributed by atoms with Crippen molar-refractivity contribution in [3.63, 3.8) is 0 Å². The lowest BCUT2D eigenvalue weighted by atomic mass is 10.1. The summed E-state index contributed by atoms with van der Waals surface area (Å²) in [4.78, 5) is 16.6. The van der Waals surface area contributed by atoms with Gasteiger partial charge in [0.1, 0.15) is 5.82 Å². The average Bonchev–Trinajstić information content (AvgIpc) is 3.02. The fraction of sp³-hybridized carbons (Fsp3) is 0.588. The fourth-order valence-corrected chi connectivity index (χ4v) is 3.44. The standard InChI is InChI=1S/C17H24FN3O/c1-13-5-6-15(18)16(11-13)19-17(22)21-10-7-14(12-21)20-8-3-2-4-9-20/h5-6,11,14H,2-4,7-10,12H2,1H3,(H,19,22)/t14-/m1/s1. The summed E-state index contributed by atoms with van der Waals surface area (Å²) < 4.78 is 13.7. The number of urea groups is 1. The Bertz CT molecular complexity index is 543. The van der Waals surface area contributed by atoms with Gasteiger partial charge in [0.05, 0.1) is 5.69 Å².